The number of nitrogens with zero attached hydrogens (tertiary/aromatic N) is 4. The van der Waals surface area contributed by atoms with Crippen molar-refractivity contribution in [3.63, 3.8) is 0 Å². The number of esters is 1. The van der Waals surface area contributed by atoms with E-state index in [1.807, 2.05) is 25.1 Å². The predicted octanol–water partition coefficient (Wildman–Crippen LogP) is 2.08. The summed E-state index contributed by atoms with van der Waals surface area (Å²) in [5.41, 5.74) is 2.31. The molecule has 136 valence electrons. The largest absolute Gasteiger partial charge is 0.445 e. The normalized spacial score (nSPS) is 18.5. The van der Waals surface area contributed by atoms with Gasteiger partial charge in [0.15, 0.2) is 5.60 Å². The van der Waals surface area contributed by atoms with Crippen LogP contribution in [0.4, 0.5) is 5.69 Å². The van der Waals surface area contributed by atoms with E-state index in [9.17, 15) is 9.59 Å². The molecule has 0 radical (unpaired) electrons. The van der Waals surface area contributed by atoms with E-state index in [0.29, 0.717) is 23.4 Å². The van der Waals surface area contributed by atoms with Gasteiger partial charge in [-0.15, -0.1) is 5.10 Å². The molecule has 8 heteroatoms. The molecule has 0 saturated carbocycles. The van der Waals surface area contributed by atoms with E-state index in [1.165, 1.54) is 11.0 Å². The fourth-order valence-electron chi connectivity index (χ4n) is 3.12. The standard InChI is InChI=1S/C19H17N5O3/c1-12-6-7-16-13(8-12)10-19(2,27-17(16)25)18(26)21-14-4-3-5-15(9-14)24-11-20-22-23-24/h3-9,11H,10H2,1-2H3,(H,21,26). The maximum atomic E-state index is 12.9. The molecule has 1 unspecified atom stereocenters. The van der Waals surface area contributed by atoms with E-state index >= 15 is 0 Å². The molecule has 2 aromatic carbocycles. The average molecular weight is 363 g/mol. The van der Waals surface area contributed by atoms with Gasteiger partial charge in [0.2, 0.25) is 0 Å². The number of aromatic nitrogens is 4. The summed E-state index contributed by atoms with van der Waals surface area (Å²) in [7, 11) is 0. The Bertz CT molecular complexity index is 1030. The molecular formula is C19H17N5O3. The van der Waals surface area contributed by atoms with Crippen molar-refractivity contribution in [3.05, 3.63) is 65.5 Å². The van der Waals surface area contributed by atoms with Crippen molar-refractivity contribution in [1.29, 1.82) is 0 Å². The molecule has 27 heavy (non-hydrogen) atoms. The number of carbonyl (C=O) groups is 2. The van der Waals surface area contributed by atoms with Gasteiger partial charge in [0.1, 0.15) is 6.33 Å². The highest BCUT2D eigenvalue weighted by Gasteiger charge is 2.42. The number of anilines is 1. The van der Waals surface area contributed by atoms with Crippen molar-refractivity contribution in [2.45, 2.75) is 25.9 Å². The molecule has 1 atom stereocenters. The lowest BCUT2D eigenvalue weighted by molar-refractivity contribution is -0.134. The zero-order valence-corrected chi connectivity index (χ0v) is 14.8. The minimum atomic E-state index is -1.29. The van der Waals surface area contributed by atoms with Crippen LogP contribution in [0.15, 0.2) is 48.8 Å². The first kappa shape index (κ1) is 16.9. The zero-order chi connectivity index (χ0) is 19.0. The lowest BCUT2D eigenvalue weighted by Crippen LogP contribution is -2.48. The van der Waals surface area contributed by atoms with Crippen molar-refractivity contribution in [2.24, 2.45) is 0 Å². The van der Waals surface area contributed by atoms with Crippen LogP contribution in [0.2, 0.25) is 0 Å². The van der Waals surface area contributed by atoms with E-state index in [0.717, 1.165) is 11.1 Å². The third-order valence-corrected chi connectivity index (χ3v) is 4.52. The number of cyclic esters (lactones) is 1. The van der Waals surface area contributed by atoms with Gasteiger partial charge in [0.25, 0.3) is 5.91 Å². The van der Waals surface area contributed by atoms with Gasteiger partial charge in [0, 0.05) is 12.1 Å². The molecule has 8 nitrogen and oxygen atoms in total. The Balaban J connectivity index is 1.58. The summed E-state index contributed by atoms with van der Waals surface area (Å²) in [5, 5.41) is 13.8. The van der Waals surface area contributed by atoms with Crippen LogP contribution in [0.25, 0.3) is 5.69 Å². The highest BCUT2D eigenvalue weighted by molar-refractivity contribution is 6.02. The molecule has 1 aliphatic rings. The van der Waals surface area contributed by atoms with E-state index in [2.05, 4.69) is 20.8 Å². The number of amides is 1. The summed E-state index contributed by atoms with van der Waals surface area (Å²) in [5.74, 6) is -0.881. The van der Waals surface area contributed by atoms with Gasteiger partial charge < -0.3 is 10.1 Å². The van der Waals surface area contributed by atoms with Crippen LogP contribution in [0.1, 0.15) is 28.4 Å². The molecule has 1 amide bonds. The molecule has 0 fully saturated rings. The van der Waals surface area contributed by atoms with Crippen LogP contribution in [0.3, 0.4) is 0 Å². The van der Waals surface area contributed by atoms with Crippen LogP contribution < -0.4 is 5.32 Å². The highest BCUT2D eigenvalue weighted by Crippen LogP contribution is 2.30. The van der Waals surface area contributed by atoms with Gasteiger partial charge in [-0.1, -0.05) is 23.8 Å². The number of tetrazole rings is 1. The Labute approximate surface area is 155 Å². The second-order valence-electron chi connectivity index (χ2n) is 6.72. The second kappa shape index (κ2) is 6.31. The number of nitrogens with one attached hydrogen (secondary N) is 1. The molecule has 0 bridgehead atoms. The molecule has 4 rings (SSSR count). The third kappa shape index (κ3) is 3.17. The maximum absolute atomic E-state index is 12.9. The highest BCUT2D eigenvalue weighted by atomic mass is 16.6. The summed E-state index contributed by atoms with van der Waals surface area (Å²) >= 11 is 0. The topological polar surface area (TPSA) is 99.0 Å². The monoisotopic (exact) mass is 363 g/mol. The van der Waals surface area contributed by atoms with Crippen molar-refractivity contribution >= 4 is 17.6 Å². The molecule has 0 saturated heterocycles. The van der Waals surface area contributed by atoms with E-state index in [1.54, 1.807) is 31.2 Å². The molecule has 1 aliphatic heterocycles. The Kier molecular flexibility index (Phi) is 3.95. The first-order valence-electron chi connectivity index (χ1n) is 8.42. The Morgan fingerprint density at radius 2 is 2.11 bits per heavy atom. The Morgan fingerprint density at radius 3 is 2.89 bits per heavy atom. The number of hydrogen-bond acceptors (Lipinski definition) is 6. The SMILES string of the molecule is Cc1ccc2c(c1)CC(C)(C(=O)Nc1cccc(-n3cnnn3)c1)OC2=O. The fraction of sp³-hybridized carbons (Fsp3) is 0.211. The number of hydrogen-bond donors (Lipinski definition) is 1. The molecule has 3 aromatic rings. The number of fused-ring (bicyclic) bond motifs is 1. The first-order chi connectivity index (χ1) is 12.9. The van der Waals surface area contributed by atoms with E-state index in [-0.39, 0.29) is 0 Å². The van der Waals surface area contributed by atoms with Crippen LogP contribution >= 0.6 is 0 Å². The number of rotatable bonds is 3. The smallest absolute Gasteiger partial charge is 0.339 e. The number of ether oxygens (including phenoxy) is 1. The molecule has 0 aliphatic carbocycles. The van der Waals surface area contributed by atoms with Gasteiger partial charge in [-0.25, -0.2) is 9.48 Å². The fourth-order valence-corrected chi connectivity index (χ4v) is 3.12. The van der Waals surface area contributed by atoms with Crippen LogP contribution in [0, 0.1) is 6.92 Å². The third-order valence-electron chi connectivity index (χ3n) is 4.52. The van der Waals surface area contributed by atoms with Gasteiger partial charge in [-0.2, -0.15) is 0 Å². The van der Waals surface area contributed by atoms with Gasteiger partial charge in [0.05, 0.1) is 11.3 Å². The molecule has 0 spiro atoms. The van der Waals surface area contributed by atoms with Crippen molar-refractivity contribution in [3.8, 4) is 5.69 Å². The summed E-state index contributed by atoms with van der Waals surface area (Å²) < 4.78 is 6.97. The Hall–Kier alpha value is -3.55. The Morgan fingerprint density at radius 1 is 1.26 bits per heavy atom. The zero-order valence-electron chi connectivity index (χ0n) is 14.8. The molecule has 1 N–H and O–H groups in total. The van der Waals surface area contributed by atoms with Crippen molar-refractivity contribution in [2.75, 3.05) is 5.32 Å². The number of carbonyl (C=O) groups excluding carboxylic acids is 2. The van der Waals surface area contributed by atoms with Crippen LogP contribution in [-0.2, 0) is 16.0 Å². The predicted molar refractivity (Wildman–Crippen MR) is 96.5 cm³/mol. The van der Waals surface area contributed by atoms with Crippen LogP contribution in [0.5, 0.6) is 0 Å². The average Bonchev–Trinajstić information content (AvgIpc) is 3.16. The van der Waals surface area contributed by atoms with Crippen molar-refractivity contribution < 1.29 is 14.3 Å². The lowest BCUT2D eigenvalue weighted by atomic mass is 9.88. The van der Waals surface area contributed by atoms with E-state index in [4.69, 9.17) is 4.74 Å². The second-order valence-corrected chi connectivity index (χ2v) is 6.72. The first-order valence-corrected chi connectivity index (χ1v) is 8.42. The number of aryl methyl sites for hydroxylation is 1. The lowest BCUT2D eigenvalue weighted by Gasteiger charge is -2.33. The van der Waals surface area contributed by atoms with Gasteiger partial charge in [-0.05, 0) is 54.1 Å². The van der Waals surface area contributed by atoms with E-state index < -0.39 is 17.5 Å². The molecule has 2 heterocycles. The molecular weight excluding hydrogens is 346 g/mol. The summed E-state index contributed by atoms with van der Waals surface area (Å²) in [6.45, 7) is 3.57. The van der Waals surface area contributed by atoms with Gasteiger partial charge >= 0.3 is 5.97 Å². The quantitative estimate of drug-likeness (QED) is 0.715. The van der Waals surface area contributed by atoms with Crippen LogP contribution in [-0.4, -0.2) is 37.7 Å². The summed E-state index contributed by atoms with van der Waals surface area (Å²) in [4.78, 5) is 25.2. The number of benzene rings is 2. The minimum absolute atomic E-state index is 0.314. The molecule has 1 aromatic heterocycles. The maximum Gasteiger partial charge on any atom is 0.339 e. The van der Waals surface area contributed by atoms with Gasteiger partial charge in [-0.3, -0.25) is 4.79 Å². The van der Waals surface area contributed by atoms with Crippen molar-refractivity contribution in [1.82, 2.24) is 20.2 Å². The minimum Gasteiger partial charge on any atom is -0.445 e. The summed E-state index contributed by atoms with van der Waals surface area (Å²) in [6, 6.07) is 12.6. The summed E-state index contributed by atoms with van der Waals surface area (Å²) in [6.07, 6.45) is 1.78.